The number of nitrogens with one attached hydrogen (secondary N) is 2. The van der Waals surface area contributed by atoms with E-state index in [1.165, 1.54) is 0 Å². The van der Waals surface area contributed by atoms with Crippen molar-refractivity contribution in [1.29, 1.82) is 5.26 Å². The van der Waals surface area contributed by atoms with Gasteiger partial charge in [0, 0.05) is 44.8 Å². The van der Waals surface area contributed by atoms with Crippen LogP contribution in [0.15, 0.2) is 18.2 Å². The van der Waals surface area contributed by atoms with Crippen LogP contribution in [0.25, 0.3) is 0 Å². The van der Waals surface area contributed by atoms with Crippen molar-refractivity contribution in [3.05, 3.63) is 29.3 Å². The van der Waals surface area contributed by atoms with Gasteiger partial charge >= 0.3 is 6.03 Å². The van der Waals surface area contributed by atoms with Crippen molar-refractivity contribution in [2.24, 2.45) is 5.92 Å². The Morgan fingerprint density at radius 1 is 1.50 bits per heavy atom. The molecule has 0 bridgehead atoms. The van der Waals surface area contributed by atoms with Gasteiger partial charge in [0.05, 0.1) is 18.2 Å². The van der Waals surface area contributed by atoms with Crippen molar-refractivity contribution in [2.75, 3.05) is 38.7 Å². The number of rotatable bonds is 6. The maximum absolute atomic E-state index is 12.0. The molecule has 7 heteroatoms. The third kappa shape index (κ3) is 4.70. The lowest BCUT2D eigenvalue weighted by Gasteiger charge is -2.16. The number of likely N-dealkylation sites (tertiary alicyclic amines) is 1. The van der Waals surface area contributed by atoms with Gasteiger partial charge in [-0.1, -0.05) is 6.07 Å². The number of benzene rings is 1. The Hall–Kier alpha value is -2.59. The van der Waals surface area contributed by atoms with Gasteiger partial charge in [-0.15, -0.1) is 0 Å². The third-order valence-corrected chi connectivity index (χ3v) is 4.03. The molecule has 24 heavy (non-hydrogen) atoms. The summed E-state index contributed by atoms with van der Waals surface area (Å²) in [4.78, 5) is 25.6. The summed E-state index contributed by atoms with van der Waals surface area (Å²) in [5.74, 6) is 0.198. The highest BCUT2D eigenvalue weighted by atomic mass is 16.5. The molecule has 2 rings (SSSR count). The zero-order chi connectivity index (χ0) is 17.5. The smallest absolute Gasteiger partial charge is 0.319 e. The molecule has 1 atom stereocenters. The van der Waals surface area contributed by atoms with Crippen molar-refractivity contribution >= 4 is 17.6 Å². The quantitative estimate of drug-likeness (QED) is 0.826. The van der Waals surface area contributed by atoms with E-state index in [0.717, 1.165) is 5.56 Å². The Bertz CT molecular complexity index is 654. The number of ether oxygens (including phenoxy) is 1. The van der Waals surface area contributed by atoms with Crippen molar-refractivity contribution in [3.8, 4) is 6.07 Å². The van der Waals surface area contributed by atoms with Gasteiger partial charge in [0.25, 0.3) is 0 Å². The summed E-state index contributed by atoms with van der Waals surface area (Å²) in [6.45, 7) is 4.00. The largest absolute Gasteiger partial charge is 0.383 e. The van der Waals surface area contributed by atoms with E-state index in [4.69, 9.17) is 10.00 Å². The fourth-order valence-electron chi connectivity index (χ4n) is 2.64. The lowest BCUT2D eigenvalue weighted by Crippen LogP contribution is -2.34. The fraction of sp³-hybridized carbons (Fsp3) is 0.471. The molecule has 1 fully saturated rings. The van der Waals surface area contributed by atoms with E-state index in [2.05, 4.69) is 16.7 Å². The van der Waals surface area contributed by atoms with E-state index in [-0.39, 0.29) is 17.9 Å². The van der Waals surface area contributed by atoms with Crippen LogP contribution in [-0.4, -0.2) is 50.2 Å². The second kappa shape index (κ2) is 8.31. The number of amides is 3. The van der Waals surface area contributed by atoms with Crippen LogP contribution in [0, 0.1) is 24.2 Å². The molecule has 1 aliphatic heterocycles. The number of urea groups is 1. The molecule has 1 heterocycles. The number of carbonyl (C=O) groups is 2. The molecule has 128 valence electrons. The molecule has 2 N–H and O–H groups in total. The Morgan fingerprint density at radius 2 is 2.29 bits per heavy atom. The number of methoxy groups -OCH3 is 1. The molecule has 1 saturated heterocycles. The van der Waals surface area contributed by atoms with Crippen LogP contribution in [0.5, 0.6) is 0 Å². The molecule has 7 nitrogen and oxygen atoms in total. The molecule has 3 amide bonds. The summed E-state index contributed by atoms with van der Waals surface area (Å²) in [6, 6.07) is 6.92. The minimum Gasteiger partial charge on any atom is -0.383 e. The lowest BCUT2D eigenvalue weighted by atomic mass is 10.1. The molecule has 0 saturated carbocycles. The van der Waals surface area contributed by atoms with Crippen LogP contribution in [0.2, 0.25) is 0 Å². The van der Waals surface area contributed by atoms with Gasteiger partial charge in [0.15, 0.2) is 0 Å². The minimum absolute atomic E-state index is 0.0939. The van der Waals surface area contributed by atoms with Crippen molar-refractivity contribution in [3.63, 3.8) is 0 Å². The zero-order valence-corrected chi connectivity index (χ0v) is 14.0. The first-order chi connectivity index (χ1) is 11.5. The SMILES string of the molecule is COCCN1C[C@@H](CNC(=O)Nc2ccc(C)c(C#N)c2)CC1=O. The average molecular weight is 330 g/mol. The van der Waals surface area contributed by atoms with Gasteiger partial charge in [-0.25, -0.2) is 4.79 Å². The lowest BCUT2D eigenvalue weighted by molar-refractivity contribution is -0.128. The number of anilines is 1. The second-order valence-electron chi connectivity index (χ2n) is 5.88. The minimum atomic E-state index is -0.342. The van der Waals surface area contributed by atoms with Gasteiger partial charge < -0.3 is 20.3 Å². The van der Waals surface area contributed by atoms with Crippen LogP contribution in [0.4, 0.5) is 10.5 Å². The monoisotopic (exact) mass is 330 g/mol. The summed E-state index contributed by atoms with van der Waals surface area (Å²) in [5.41, 5.74) is 1.96. The van der Waals surface area contributed by atoms with Crippen LogP contribution >= 0.6 is 0 Å². The summed E-state index contributed by atoms with van der Waals surface area (Å²) < 4.78 is 4.98. The van der Waals surface area contributed by atoms with Crippen LogP contribution in [0.1, 0.15) is 17.5 Å². The van der Waals surface area contributed by atoms with Crippen molar-refractivity contribution in [2.45, 2.75) is 13.3 Å². The first-order valence-corrected chi connectivity index (χ1v) is 7.85. The number of nitrogens with zero attached hydrogens (tertiary/aromatic N) is 2. The van der Waals surface area contributed by atoms with E-state index in [0.29, 0.717) is 43.9 Å². The Morgan fingerprint density at radius 3 is 3.00 bits per heavy atom. The number of nitriles is 1. The van der Waals surface area contributed by atoms with Crippen LogP contribution < -0.4 is 10.6 Å². The molecule has 0 aliphatic carbocycles. The van der Waals surface area contributed by atoms with Gasteiger partial charge in [-0.05, 0) is 24.6 Å². The maximum atomic E-state index is 12.0. The van der Waals surface area contributed by atoms with E-state index in [1.807, 2.05) is 6.92 Å². The summed E-state index contributed by atoms with van der Waals surface area (Å²) in [5, 5.41) is 14.5. The maximum Gasteiger partial charge on any atom is 0.319 e. The van der Waals surface area contributed by atoms with Crippen LogP contribution in [0.3, 0.4) is 0 Å². The molecule has 0 unspecified atom stereocenters. The highest BCUT2D eigenvalue weighted by molar-refractivity contribution is 5.89. The predicted molar refractivity (Wildman–Crippen MR) is 89.5 cm³/mol. The average Bonchev–Trinajstić information content (AvgIpc) is 2.92. The molecule has 1 aromatic carbocycles. The van der Waals surface area contributed by atoms with Gasteiger partial charge in [0.1, 0.15) is 0 Å². The van der Waals surface area contributed by atoms with Gasteiger partial charge in [-0.3, -0.25) is 4.79 Å². The summed E-state index contributed by atoms with van der Waals surface area (Å²) in [6.07, 6.45) is 0.438. The van der Waals surface area contributed by atoms with Gasteiger partial charge in [-0.2, -0.15) is 5.26 Å². The Labute approximate surface area is 141 Å². The normalized spacial score (nSPS) is 16.8. The first kappa shape index (κ1) is 17.8. The highest BCUT2D eigenvalue weighted by Gasteiger charge is 2.29. The summed E-state index contributed by atoms with van der Waals surface area (Å²) >= 11 is 0. The Balaban J connectivity index is 1.80. The fourth-order valence-corrected chi connectivity index (χ4v) is 2.64. The van der Waals surface area contributed by atoms with E-state index in [9.17, 15) is 9.59 Å². The predicted octanol–water partition coefficient (Wildman–Crippen LogP) is 1.48. The van der Waals surface area contributed by atoms with E-state index < -0.39 is 0 Å². The highest BCUT2D eigenvalue weighted by Crippen LogP contribution is 2.17. The molecule has 0 spiro atoms. The number of hydrogen-bond acceptors (Lipinski definition) is 4. The standard InChI is InChI=1S/C17H22N4O3/c1-12-3-4-15(8-14(12)9-18)20-17(23)19-10-13-7-16(22)21(11-13)5-6-24-2/h3-4,8,13H,5-7,10-11H2,1-2H3,(H2,19,20,23)/t13-/m1/s1. The van der Waals surface area contributed by atoms with Gasteiger partial charge in [0.2, 0.25) is 5.91 Å². The van der Waals surface area contributed by atoms with Crippen molar-refractivity contribution in [1.82, 2.24) is 10.2 Å². The topological polar surface area (TPSA) is 94.5 Å². The third-order valence-electron chi connectivity index (χ3n) is 4.03. The summed E-state index contributed by atoms with van der Waals surface area (Å²) in [7, 11) is 1.60. The molecule has 0 radical (unpaired) electrons. The molecular weight excluding hydrogens is 308 g/mol. The molecule has 1 aliphatic rings. The number of carbonyl (C=O) groups excluding carboxylic acids is 2. The Kier molecular flexibility index (Phi) is 6.15. The molecule has 0 aromatic heterocycles. The zero-order valence-electron chi connectivity index (χ0n) is 14.0. The van der Waals surface area contributed by atoms with Crippen LogP contribution in [-0.2, 0) is 9.53 Å². The first-order valence-electron chi connectivity index (χ1n) is 7.85. The number of hydrogen-bond donors (Lipinski definition) is 2. The molecular formula is C17H22N4O3. The van der Waals surface area contributed by atoms with E-state index >= 15 is 0 Å². The second-order valence-corrected chi connectivity index (χ2v) is 5.88. The number of aryl methyl sites for hydroxylation is 1. The molecule has 1 aromatic rings. The van der Waals surface area contributed by atoms with Crippen molar-refractivity contribution < 1.29 is 14.3 Å². The van der Waals surface area contributed by atoms with E-state index in [1.54, 1.807) is 30.2 Å².